The van der Waals surface area contributed by atoms with E-state index in [1.807, 2.05) is 20.8 Å². The van der Waals surface area contributed by atoms with Gasteiger partial charge in [0.2, 0.25) is 0 Å². The Morgan fingerprint density at radius 2 is 2.14 bits per heavy atom. The van der Waals surface area contributed by atoms with E-state index in [0.29, 0.717) is 6.42 Å². The Labute approximate surface area is 83.2 Å². The van der Waals surface area contributed by atoms with Crippen LogP contribution in [-0.4, -0.2) is 34.5 Å². The molecule has 0 bridgehead atoms. The Hall–Kier alpha value is -1.06. The number of fused-ring (bicyclic) bond motifs is 1. The number of nitrogens with zero attached hydrogens (tertiary/aromatic N) is 1. The summed E-state index contributed by atoms with van der Waals surface area (Å²) in [5.41, 5.74) is -0.475. The Balaban J connectivity index is 1.94. The zero-order chi connectivity index (χ0) is 10.5. The van der Waals surface area contributed by atoms with Gasteiger partial charge in [0.25, 0.3) is 0 Å². The highest BCUT2D eigenvalue weighted by Crippen LogP contribution is 2.40. The van der Waals surface area contributed by atoms with E-state index in [1.54, 1.807) is 4.90 Å². The lowest BCUT2D eigenvalue weighted by atomic mass is 10.2. The molecule has 2 aliphatic rings. The molecule has 1 aliphatic carbocycles. The van der Waals surface area contributed by atoms with Gasteiger partial charge in [-0.1, -0.05) is 0 Å². The van der Waals surface area contributed by atoms with Crippen molar-refractivity contribution in [1.29, 1.82) is 0 Å². The number of ether oxygens (including phenoxy) is 1. The molecule has 1 heterocycles. The quantitative estimate of drug-likeness (QED) is 0.550. The molecule has 2 atom stereocenters. The first kappa shape index (κ1) is 9.49. The second-order valence-corrected chi connectivity index (χ2v) is 4.90. The van der Waals surface area contributed by atoms with Crippen LogP contribution >= 0.6 is 0 Å². The summed E-state index contributed by atoms with van der Waals surface area (Å²) in [4.78, 5) is 24.3. The first-order chi connectivity index (χ1) is 6.40. The highest BCUT2D eigenvalue weighted by Gasteiger charge is 2.60. The summed E-state index contributed by atoms with van der Waals surface area (Å²) in [5.74, 6) is 0.181. The summed E-state index contributed by atoms with van der Waals surface area (Å²) < 4.78 is 5.18. The van der Waals surface area contributed by atoms with Crippen LogP contribution < -0.4 is 0 Å². The molecule has 0 unspecified atom stereocenters. The van der Waals surface area contributed by atoms with Crippen LogP contribution in [-0.2, 0) is 9.53 Å². The van der Waals surface area contributed by atoms with Gasteiger partial charge in [-0.15, -0.1) is 0 Å². The minimum absolute atomic E-state index is 0.136. The van der Waals surface area contributed by atoms with E-state index >= 15 is 0 Å². The fraction of sp³-hybridized carbons (Fsp3) is 0.800. The lowest BCUT2D eigenvalue weighted by Crippen LogP contribution is -2.30. The number of carbonyl (C=O) groups is 2. The van der Waals surface area contributed by atoms with Gasteiger partial charge in [0.15, 0.2) is 5.78 Å². The summed E-state index contributed by atoms with van der Waals surface area (Å²) in [7, 11) is 0. The van der Waals surface area contributed by atoms with E-state index in [1.165, 1.54) is 0 Å². The lowest BCUT2D eigenvalue weighted by Gasteiger charge is -2.20. The van der Waals surface area contributed by atoms with Crippen molar-refractivity contribution >= 4 is 11.9 Å². The Morgan fingerprint density at radius 1 is 1.50 bits per heavy atom. The number of hydrogen-bond donors (Lipinski definition) is 0. The Morgan fingerprint density at radius 3 is 2.57 bits per heavy atom. The number of ketones is 1. The van der Waals surface area contributed by atoms with Crippen LogP contribution in [0.1, 0.15) is 33.6 Å². The molecular weight excluding hydrogens is 182 g/mol. The van der Waals surface area contributed by atoms with Gasteiger partial charge in [-0.25, -0.2) is 4.79 Å². The van der Waals surface area contributed by atoms with Crippen LogP contribution in [0.25, 0.3) is 0 Å². The van der Waals surface area contributed by atoms with Gasteiger partial charge < -0.3 is 4.74 Å². The second kappa shape index (κ2) is 2.72. The van der Waals surface area contributed by atoms with Crippen molar-refractivity contribution in [3.8, 4) is 0 Å². The van der Waals surface area contributed by atoms with Crippen molar-refractivity contribution in [2.75, 3.05) is 0 Å². The topological polar surface area (TPSA) is 46.4 Å². The molecule has 1 saturated carbocycles. The van der Waals surface area contributed by atoms with E-state index < -0.39 is 5.60 Å². The minimum Gasteiger partial charge on any atom is -0.444 e. The van der Waals surface area contributed by atoms with Gasteiger partial charge in [-0.05, 0) is 27.2 Å². The Kier molecular flexibility index (Phi) is 1.84. The number of hydrogen-bond acceptors (Lipinski definition) is 3. The van der Waals surface area contributed by atoms with Crippen molar-refractivity contribution in [3.05, 3.63) is 0 Å². The molecule has 2 rings (SSSR count). The van der Waals surface area contributed by atoms with E-state index in [-0.39, 0.29) is 24.0 Å². The third-order valence-electron chi connectivity index (χ3n) is 2.55. The highest BCUT2D eigenvalue weighted by atomic mass is 16.6. The number of rotatable bonds is 0. The van der Waals surface area contributed by atoms with Crippen molar-refractivity contribution < 1.29 is 14.3 Å². The van der Waals surface area contributed by atoms with Gasteiger partial charge in [-0.2, -0.15) is 0 Å². The third-order valence-corrected chi connectivity index (χ3v) is 2.55. The standard InChI is InChI=1S/C10H15NO3/c1-10(2,3)14-9(13)11-6-4-5-7(12)8(6)11/h6,8H,4-5H2,1-3H3/t6-,8-,11?/m0/s1. The van der Waals surface area contributed by atoms with E-state index in [0.717, 1.165) is 6.42 Å². The van der Waals surface area contributed by atoms with E-state index in [9.17, 15) is 9.59 Å². The number of piperidine rings is 1. The number of carbonyl (C=O) groups excluding carboxylic acids is 2. The number of likely N-dealkylation sites (tertiary alicyclic amines) is 1. The molecule has 0 radical (unpaired) electrons. The molecule has 1 amide bonds. The van der Waals surface area contributed by atoms with Crippen LogP contribution in [0, 0.1) is 0 Å². The Bertz CT molecular complexity index is 292. The van der Waals surface area contributed by atoms with Gasteiger partial charge in [-0.3, -0.25) is 9.69 Å². The number of amides is 1. The first-order valence-corrected chi connectivity index (χ1v) is 4.94. The average Bonchev–Trinajstić information content (AvgIpc) is 2.61. The van der Waals surface area contributed by atoms with Gasteiger partial charge in [0.05, 0.1) is 6.04 Å². The van der Waals surface area contributed by atoms with Crippen molar-refractivity contribution in [2.24, 2.45) is 0 Å². The van der Waals surface area contributed by atoms with Crippen LogP contribution in [0.15, 0.2) is 0 Å². The third kappa shape index (κ3) is 1.49. The maximum Gasteiger partial charge on any atom is 0.411 e. The highest BCUT2D eigenvalue weighted by molar-refractivity contribution is 5.96. The van der Waals surface area contributed by atoms with Crippen molar-refractivity contribution in [2.45, 2.75) is 51.3 Å². The van der Waals surface area contributed by atoms with Crippen molar-refractivity contribution in [1.82, 2.24) is 4.90 Å². The van der Waals surface area contributed by atoms with Gasteiger partial charge >= 0.3 is 6.09 Å². The smallest absolute Gasteiger partial charge is 0.411 e. The molecule has 78 valence electrons. The van der Waals surface area contributed by atoms with Crippen molar-refractivity contribution in [3.63, 3.8) is 0 Å². The maximum absolute atomic E-state index is 11.5. The molecule has 0 N–H and O–H groups in total. The fourth-order valence-corrected chi connectivity index (χ4v) is 1.95. The van der Waals surface area contributed by atoms with Crippen LogP contribution in [0.4, 0.5) is 4.79 Å². The molecule has 4 heteroatoms. The predicted octanol–water partition coefficient (Wildman–Crippen LogP) is 1.34. The zero-order valence-corrected chi connectivity index (χ0v) is 8.74. The van der Waals surface area contributed by atoms with Crippen LogP contribution in [0.5, 0.6) is 0 Å². The molecule has 0 spiro atoms. The normalized spacial score (nSPS) is 30.2. The second-order valence-electron chi connectivity index (χ2n) is 4.90. The minimum atomic E-state index is -0.475. The average molecular weight is 197 g/mol. The number of Topliss-reactive ketones (excluding diaryl/α,β-unsaturated/α-hetero) is 1. The van der Waals surface area contributed by atoms with Gasteiger partial charge in [0, 0.05) is 6.42 Å². The monoisotopic (exact) mass is 197 g/mol. The maximum atomic E-state index is 11.5. The molecule has 0 aromatic heterocycles. The first-order valence-electron chi connectivity index (χ1n) is 4.94. The molecule has 14 heavy (non-hydrogen) atoms. The van der Waals surface area contributed by atoms with E-state index in [4.69, 9.17) is 4.74 Å². The molecule has 1 aliphatic heterocycles. The summed E-state index contributed by atoms with van der Waals surface area (Å²) in [6.07, 6.45) is 1.08. The molecule has 0 aromatic carbocycles. The van der Waals surface area contributed by atoms with E-state index in [2.05, 4.69) is 0 Å². The summed E-state index contributed by atoms with van der Waals surface area (Å²) in [5, 5.41) is 0. The molecule has 0 aromatic rings. The summed E-state index contributed by atoms with van der Waals surface area (Å²) in [6, 6.07) is -0.0257. The van der Waals surface area contributed by atoms with Crippen LogP contribution in [0.3, 0.4) is 0 Å². The largest absolute Gasteiger partial charge is 0.444 e. The fourth-order valence-electron chi connectivity index (χ4n) is 1.95. The molecular formula is C10H15NO3. The SMILES string of the molecule is CC(C)(C)OC(=O)N1[C@@H]2C(=O)CC[C@@H]21. The lowest BCUT2D eigenvalue weighted by molar-refractivity contribution is -0.118. The molecule has 4 nitrogen and oxygen atoms in total. The molecule has 2 fully saturated rings. The van der Waals surface area contributed by atoms with Gasteiger partial charge in [0.1, 0.15) is 11.6 Å². The predicted molar refractivity (Wildman–Crippen MR) is 49.9 cm³/mol. The zero-order valence-electron chi connectivity index (χ0n) is 8.74. The summed E-state index contributed by atoms with van der Waals surface area (Å²) in [6.45, 7) is 5.48. The summed E-state index contributed by atoms with van der Waals surface area (Å²) >= 11 is 0. The molecule has 1 saturated heterocycles. The van der Waals surface area contributed by atoms with Crippen LogP contribution in [0.2, 0.25) is 0 Å².